The Labute approximate surface area is 116 Å². The molecule has 2 fully saturated rings. The lowest BCUT2D eigenvalue weighted by atomic mass is 9.83. The van der Waals surface area contributed by atoms with Crippen LogP contribution in [-0.4, -0.2) is 11.7 Å². The molecule has 0 saturated heterocycles. The van der Waals surface area contributed by atoms with Crippen LogP contribution in [0.3, 0.4) is 0 Å². The van der Waals surface area contributed by atoms with Gasteiger partial charge in [0.05, 0.1) is 6.61 Å². The highest BCUT2D eigenvalue weighted by atomic mass is 16.3. The molecule has 2 aliphatic rings. The van der Waals surface area contributed by atoms with Crippen LogP contribution in [0.5, 0.6) is 0 Å². The molecule has 2 aliphatic carbocycles. The summed E-state index contributed by atoms with van der Waals surface area (Å²) in [4.78, 5) is 0. The molecule has 1 aromatic rings. The summed E-state index contributed by atoms with van der Waals surface area (Å²) in [6.45, 7) is 0.226. The highest BCUT2D eigenvalue weighted by molar-refractivity contribution is 5.59. The minimum absolute atomic E-state index is 0.226. The van der Waals surface area contributed by atoms with E-state index in [0.29, 0.717) is 5.92 Å². The number of aliphatic hydroxyl groups excluding tert-OH is 1. The van der Waals surface area contributed by atoms with E-state index < -0.39 is 0 Å². The van der Waals surface area contributed by atoms with E-state index in [2.05, 4.69) is 30.3 Å². The van der Waals surface area contributed by atoms with Gasteiger partial charge in [-0.3, -0.25) is 0 Å². The second-order valence-electron chi connectivity index (χ2n) is 6.12. The zero-order valence-electron chi connectivity index (χ0n) is 11.6. The lowest BCUT2D eigenvalue weighted by Gasteiger charge is -2.23. The fourth-order valence-electron chi connectivity index (χ4n) is 3.37. The maximum absolute atomic E-state index is 9.72. The molecule has 1 nitrogen and oxygen atoms in total. The van der Waals surface area contributed by atoms with E-state index >= 15 is 0 Å². The van der Waals surface area contributed by atoms with Crippen LogP contribution in [0, 0.1) is 5.92 Å². The maximum atomic E-state index is 9.72. The van der Waals surface area contributed by atoms with E-state index in [0.717, 1.165) is 5.92 Å². The van der Waals surface area contributed by atoms with Crippen molar-refractivity contribution in [3.63, 3.8) is 0 Å². The van der Waals surface area contributed by atoms with Gasteiger partial charge in [0.2, 0.25) is 0 Å². The molecule has 0 spiro atoms. The minimum Gasteiger partial charge on any atom is -0.392 e. The molecule has 1 heteroatoms. The molecule has 0 heterocycles. The van der Waals surface area contributed by atoms with E-state index in [1.54, 1.807) is 0 Å². The summed E-state index contributed by atoms with van der Waals surface area (Å²) >= 11 is 0. The van der Waals surface area contributed by atoms with Crippen molar-refractivity contribution in [3.8, 4) is 0 Å². The molecular weight excluding hydrogens is 232 g/mol. The van der Waals surface area contributed by atoms with Crippen LogP contribution in [0.4, 0.5) is 0 Å². The summed E-state index contributed by atoms with van der Waals surface area (Å²) < 4.78 is 0. The van der Waals surface area contributed by atoms with Crippen LogP contribution in [0.25, 0.3) is 6.08 Å². The minimum atomic E-state index is 0.226. The second-order valence-corrected chi connectivity index (χ2v) is 6.12. The van der Waals surface area contributed by atoms with Crippen LogP contribution < -0.4 is 0 Å². The monoisotopic (exact) mass is 256 g/mol. The Hall–Kier alpha value is -1.08. The van der Waals surface area contributed by atoms with E-state index in [4.69, 9.17) is 0 Å². The maximum Gasteiger partial charge on any atom is 0.0647 e. The Bertz CT molecular complexity index is 451. The first-order chi connectivity index (χ1) is 9.38. The SMILES string of the molecule is OCC(=Cc1ccccc1C1CC1)C1CCCCC1. The molecule has 1 N–H and O–H groups in total. The van der Waals surface area contributed by atoms with Gasteiger partial charge in [0.15, 0.2) is 0 Å². The van der Waals surface area contributed by atoms with Gasteiger partial charge in [0, 0.05) is 0 Å². The van der Waals surface area contributed by atoms with Crippen molar-refractivity contribution in [1.29, 1.82) is 0 Å². The van der Waals surface area contributed by atoms with Crippen molar-refractivity contribution in [1.82, 2.24) is 0 Å². The van der Waals surface area contributed by atoms with Crippen LogP contribution in [0.1, 0.15) is 62.0 Å². The molecule has 102 valence electrons. The lowest BCUT2D eigenvalue weighted by molar-refractivity contribution is 0.295. The first-order valence-corrected chi connectivity index (χ1v) is 7.78. The van der Waals surface area contributed by atoms with E-state index in [-0.39, 0.29) is 6.61 Å². The zero-order chi connectivity index (χ0) is 13.1. The Balaban J connectivity index is 1.85. The van der Waals surface area contributed by atoms with Gasteiger partial charge < -0.3 is 5.11 Å². The number of hydrogen-bond acceptors (Lipinski definition) is 1. The summed E-state index contributed by atoms with van der Waals surface area (Å²) in [6.07, 6.45) is 11.5. The molecule has 0 unspecified atom stereocenters. The molecule has 19 heavy (non-hydrogen) atoms. The van der Waals surface area contributed by atoms with Crippen molar-refractivity contribution >= 4 is 6.08 Å². The fourth-order valence-corrected chi connectivity index (χ4v) is 3.37. The zero-order valence-corrected chi connectivity index (χ0v) is 11.6. The first-order valence-electron chi connectivity index (χ1n) is 7.78. The van der Waals surface area contributed by atoms with Crippen molar-refractivity contribution in [2.45, 2.75) is 50.9 Å². The van der Waals surface area contributed by atoms with Crippen molar-refractivity contribution in [3.05, 3.63) is 41.0 Å². The van der Waals surface area contributed by atoms with Crippen LogP contribution >= 0.6 is 0 Å². The van der Waals surface area contributed by atoms with Gasteiger partial charge in [0.25, 0.3) is 0 Å². The van der Waals surface area contributed by atoms with Crippen molar-refractivity contribution in [2.24, 2.45) is 5.92 Å². The third-order valence-corrected chi connectivity index (χ3v) is 4.67. The van der Waals surface area contributed by atoms with Gasteiger partial charge in [-0.1, -0.05) is 49.6 Å². The molecular formula is C18H24O. The standard InChI is InChI=1S/C18H24O/c19-13-17(14-6-2-1-3-7-14)12-16-8-4-5-9-18(16)15-10-11-15/h4-5,8-9,12,14-15,19H,1-3,6-7,10-11,13H2. The molecule has 0 bridgehead atoms. The van der Waals surface area contributed by atoms with Gasteiger partial charge in [-0.25, -0.2) is 0 Å². The van der Waals surface area contributed by atoms with Gasteiger partial charge >= 0.3 is 0 Å². The highest BCUT2D eigenvalue weighted by Gasteiger charge is 2.25. The van der Waals surface area contributed by atoms with Crippen LogP contribution in [0.2, 0.25) is 0 Å². The summed E-state index contributed by atoms with van der Waals surface area (Å²) in [7, 11) is 0. The van der Waals surface area contributed by atoms with E-state index in [1.165, 1.54) is 61.6 Å². The van der Waals surface area contributed by atoms with E-state index in [9.17, 15) is 5.11 Å². The van der Waals surface area contributed by atoms with Crippen LogP contribution in [-0.2, 0) is 0 Å². The smallest absolute Gasteiger partial charge is 0.0647 e. The topological polar surface area (TPSA) is 20.2 Å². The normalized spacial score (nSPS) is 21.6. The molecule has 0 aliphatic heterocycles. The fraction of sp³-hybridized carbons (Fsp3) is 0.556. The average molecular weight is 256 g/mol. The Kier molecular flexibility index (Phi) is 4.03. The Morgan fingerprint density at radius 2 is 1.79 bits per heavy atom. The quantitative estimate of drug-likeness (QED) is 0.839. The summed E-state index contributed by atoms with van der Waals surface area (Å²) in [6, 6.07) is 8.74. The molecule has 0 aromatic heterocycles. The van der Waals surface area contributed by atoms with Gasteiger partial charge in [0.1, 0.15) is 0 Å². The highest BCUT2D eigenvalue weighted by Crippen LogP contribution is 2.42. The number of rotatable bonds is 4. The van der Waals surface area contributed by atoms with E-state index in [1.807, 2.05) is 0 Å². The molecule has 2 saturated carbocycles. The Morgan fingerprint density at radius 1 is 1.05 bits per heavy atom. The van der Waals surface area contributed by atoms with Crippen molar-refractivity contribution in [2.75, 3.05) is 6.61 Å². The molecule has 0 amide bonds. The molecule has 0 radical (unpaired) electrons. The predicted molar refractivity (Wildman–Crippen MR) is 80.1 cm³/mol. The van der Waals surface area contributed by atoms with Gasteiger partial charge in [-0.2, -0.15) is 0 Å². The number of aliphatic hydroxyl groups is 1. The molecule has 1 aromatic carbocycles. The van der Waals surface area contributed by atoms with Gasteiger partial charge in [-0.05, 0) is 54.2 Å². The first kappa shape index (κ1) is 12.9. The lowest BCUT2D eigenvalue weighted by Crippen LogP contribution is -2.11. The van der Waals surface area contributed by atoms with Crippen molar-refractivity contribution < 1.29 is 5.11 Å². The van der Waals surface area contributed by atoms with Gasteiger partial charge in [-0.15, -0.1) is 0 Å². The summed E-state index contributed by atoms with van der Waals surface area (Å²) in [5, 5.41) is 9.72. The average Bonchev–Trinajstić information content (AvgIpc) is 3.31. The predicted octanol–water partition coefficient (Wildman–Crippen LogP) is 4.52. The van der Waals surface area contributed by atoms with Crippen LogP contribution in [0.15, 0.2) is 29.8 Å². The molecule has 3 rings (SSSR count). The Morgan fingerprint density at radius 3 is 2.47 bits per heavy atom. The number of benzene rings is 1. The third-order valence-electron chi connectivity index (χ3n) is 4.67. The summed E-state index contributed by atoms with van der Waals surface area (Å²) in [5.41, 5.74) is 4.09. The molecule has 0 atom stereocenters. The second kappa shape index (κ2) is 5.92. The largest absolute Gasteiger partial charge is 0.392 e. The summed E-state index contributed by atoms with van der Waals surface area (Å²) in [5.74, 6) is 1.39. The number of hydrogen-bond donors (Lipinski definition) is 1. The third kappa shape index (κ3) is 3.09.